The molecule has 2 rings (SSSR count). The Bertz CT molecular complexity index is 742. The molecule has 1 amide bonds. The summed E-state index contributed by atoms with van der Waals surface area (Å²) < 4.78 is 27.6. The zero-order chi connectivity index (χ0) is 19.5. The van der Waals surface area contributed by atoms with Gasteiger partial charge in [0.2, 0.25) is 10.0 Å². The summed E-state index contributed by atoms with van der Waals surface area (Å²) in [5, 5.41) is 3.04. The van der Waals surface area contributed by atoms with Gasteiger partial charge in [-0.3, -0.25) is 4.79 Å². The molecule has 0 bridgehead atoms. The van der Waals surface area contributed by atoms with Gasteiger partial charge in [0.1, 0.15) is 0 Å². The van der Waals surface area contributed by atoms with Gasteiger partial charge in [0, 0.05) is 13.1 Å². The van der Waals surface area contributed by atoms with Crippen LogP contribution in [0, 0.1) is 11.8 Å². The lowest BCUT2D eigenvalue weighted by Gasteiger charge is -2.34. The maximum Gasteiger partial charge on any atom is 0.253 e. The molecule has 1 fully saturated rings. The largest absolute Gasteiger partial charge is 0.346 e. The van der Waals surface area contributed by atoms with Crippen molar-refractivity contribution in [3.05, 3.63) is 28.8 Å². The van der Waals surface area contributed by atoms with E-state index in [9.17, 15) is 13.2 Å². The van der Waals surface area contributed by atoms with Crippen LogP contribution >= 0.6 is 11.6 Å². The van der Waals surface area contributed by atoms with Crippen LogP contribution in [-0.4, -0.2) is 58.9 Å². The first-order chi connectivity index (χ1) is 12.1. The lowest BCUT2D eigenvalue weighted by Crippen LogP contribution is -3.06. The Morgan fingerprint density at radius 1 is 1.27 bits per heavy atom. The van der Waals surface area contributed by atoms with Crippen LogP contribution in [-0.2, 0) is 10.0 Å². The van der Waals surface area contributed by atoms with E-state index in [4.69, 9.17) is 11.6 Å². The number of nitrogens with one attached hydrogen (secondary N) is 2. The van der Waals surface area contributed by atoms with Crippen molar-refractivity contribution in [2.24, 2.45) is 11.8 Å². The number of hydrogen-bond acceptors (Lipinski definition) is 3. The first-order valence-electron chi connectivity index (χ1n) is 8.98. The summed E-state index contributed by atoms with van der Waals surface area (Å²) in [6.45, 7) is 6.39. The Kier molecular flexibility index (Phi) is 7.07. The van der Waals surface area contributed by atoms with Gasteiger partial charge in [-0.15, -0.1) is 0 Å². The van der Waals surface area contributed by atoms with E-state index < -0.39 is 10.0 Å². The number of quaternary nitrogens is 1. The van der Waals surface area contributed by atoms with Gasteiger partial charge in [-0.2, -0.15) is 4.31 Å². The molecule has 8 heteroatoms. The molecule has 0 spiro atoms. The maximum atomic E-state index is 13.0. The number of sulfonamides is 1. The van der Waals surface area contributed by atoms with Crippen LogP contribution in [0.15, 0.2) is 23.1 Å². The SMILES string of the molecule is C[C@@H]1C[C@H](C)CN(S(=O)(=O)c2ccc(Cl)c(C(=O)NCC[NH+](C)C)c2)C1. The summed E-state index contributed by atoms with van der Waals surface area (Å²) in [6.07, 6.45) is 1.02. The van der Waals surface area contributed by atoms with E-state index in [-0.39, 0.29) is 21.4 Å². The van der Waals surface area contributed by atoms with Crippen LogP contribution in [0.3, 0.4) is 0 Å². The number of rotatable bonds is 6. The molecule has 2 N–H and O–H groups in total. The molecule has 1 aromatic rings. The number of piperidine rings is 1. The van der Waals surface area contributed by atoms with E-state index in [1.165, 1.54) is 27.4 Å². The van der Waals surface area contributed by atoms with E-state index in [2.05, 4.69) is 19.2 Å². The normalized spacial score (nSPS) is 21.8. The van der Waals surface area contributed by atoms with Crippen molar-refractivity contribution in [2.75, 3.05) is 40.3 Å². The molecule has 0 saturated carbocycles. The van der Waals surface area contributed by atoms with Gasteiger partial charge in [0.15, 0.2) is 0 Å². The predicted molar refractivity (Wildman–Crippen MR) is 103 cm³/mol. The molecule has 26 heavy (non-hydrogen) atoms. The Labute approximate surface area is 161 Å². The molecule has 1 aromatic carbocycles. The Morgan fingerprint density at radius 2 is 1.88 bits per heavy atom. The zero-order valence-corrected chi connectivity index (χ0v) is 17.5. The molecule has 0 radical (unpaired) electrons. The fraction of sp³-hybridized carbons (Fsp3) is 0.611. The van der Waals surface area contributed by atoms with Gasteiger partial charge in [-0.1, -0.05) is 25.4 Å². The summed E-state index contributed by atoms with van der Waals surface area (Å²) in [6, 6.07) is 4.35. The molecule has 1 heterocycles. The minimum atomic E-state index is -3.64. The van der Waals surface area contributed by atoms with E-state index in [0.717, 1.165) is 13.0 Å². The molecule has 2 atom stereocenters. The van der Waals surface area contributed by atoms with Gasteiger partial charge < -0.3 is 10.2 Å². The summed E-state index contributed by atoms with van der Waals surface area (Å²) in [5.74, 6) is 0.280. The second kappa shape index (κ2) is 8.69. The van der Waals surface area contributed by atoms with Crippen LogP contribution < -0.4 is 10.2 Å². The van der Waals surface area contributed by atoms with E-state index in [1.807, 2.05) is 14.1 Å². The van der Waals surface area contributed by atoms with Gasteiger partial charge in [-0.25, -0.2) is 8.42 Å². The molecular formula is C18H29ClN3O3S+. The highest BCUT2D eigenvalue weighted by Crippen LogP contribution is 2.28. The molecule has 0 unspecified atom stereocenters. The van der Waals surface area contributed by atoms with E-state index in [0.29, 0.717) is 31.5 Å². The highest BCUT2D eigenvalue weighted by atomic mass is 35.5. The standard InChI is InChI=1S/C18H28ClN3O3S/c1-13-9-14(2)12-22(11-13)26(24,25)15-5-6-17(19)16(10-15)18(23)20-7-8-21(3)4/h5-6,10,13-14H,7-9,11-12H2,1-4H3,(H,20,23)/p+1/t13-,14+. The van der Waals surface area contributed by atoms with E-state index in [1.54, 1.807) is 0 Å². The van der Waals surface area contributed by atoms with Crippen molar-refractivity contribution < 1.29 is 18.1 Å². The lowest BCUT2D eigenvalue weighted by atomic mass is 9.94. The Balaban J connectivity index is 2.23. The molecule has 6 nitrogen and oxygen atoms in total. The number of halogens is 1. The number of likely N-dealkylation sites (N-methyl/N-ethyl adjacent to an activating group) is 1. The van der Waals surface area contributed by atoms with Crippen molar-refractivity contribution in [3.8, 4) is 0 Å². The highest BCUT2D eigenvalue weighted by molar-refractivity contribution is 7.89. The number of carbonyl (C=O) groups is 1. The summed E-state index contributed by atoms with van der Waals surface area (Å²) >= 11 is 6.14. The lowest BCUT2D eigenvalue weighted by molar-refractivity contribution is -0.856. The number of nitrogens with zero attached hydrogens (tertiary/aromatic N) is 1. The fourth-order valence-electron chi connectivity index (χ4n) is 3.31. The minimum absolute atomic E-state index is 0.117. The van der Waals surface area contributed by atoms with E-state index >= 15 is 0 Å². The van der Waals surface area contributed by atoms with Crippen LogP contribution in [0.2, 0.25) is 5.02 Å². The average Bonchev–Trinajstić information content (AvgIpc) is 2.53. The number of carbonyl (C=O) groups excluding carboxylic acids is 1. The first kappa shape index (κ1) is 21.2. The van der Waals surface area contributed by atoms with Crippen LogP contribution in [0.4, 0.5) is 0 Å². The summed E-state index contributed by atoms with van der Waals surface area (Å²) in [4.78, 5) is 13.7. The predicted octanol–water partition coefficient (Wildman–Crippen LogP) is 0.881. The average molecular weight is 403 g/mol. The van der Waals surface area contributed by atoms with Crippen molar-refractivity contribution >= 4 is 27.5 Å². The Morgan fingerprint density at radius 3 is 2.46 bits per heavy atom. The third-order valence-corrected chi connectivity index (χ3v) is 6.72. The van der Waals surface area contributed by atoms with Gasteiger partial charge in [0.05, 0.1) is 42.7 Å². The van der Waals surface area contributed by atoms with Crippen molar-refractivity contribution in [1.82, 2.24) is 9.62 Å². The number of amides is 1. The molecule has 0 aromatic heterocycles. The number of hydrogen-bond donors (Lipinski definition) is 2. The topological polar surface area (TPSA) is 70.9 Å². The highest BCUT2D eigenvalue weighted by Gasteiger charge is 2.32. The third kappa shape index (κ3) is 5.19. The fourth-order valence-corrected chi connectivity index (χ4v) is 5.22. The Hall–Kier alpha value is -1.15. The van der Waals surface area contributed by atoms with Crippen molar-refractivity contribution in [3.63, 3.8) is 0 Å². The molecule has 1 saturated heterocycles. The van der Waals surface area contributed by atoms with Crippen LogP contribution in [0.1, 0.15) is 30.6 Å². The summed E-state index contributed by atoms with van der Waals surface area (Å²) in [7, 11) is 0.342. The molecule has 146 valence electrons. The zero-order valence-electron chi connectivity index (χ0n) is 15.9. The smallest absolute Gasteiger partial charge is 0.253 e. The summed E-state index contributed by atoms with van der Waals surface area (Å²) in [5.41, 5.74) is 0.194. The third-order valence-electron chi connectivity index (χ3n) is 4.57. The first-order valence-corrected chi connectivity index (χ1v) is 10.8. The minimum Gasteiger partial charge on any atom is -0.346 e. The van der Waals surface area contributed by atoms with Gasteiger partial charge >= 0.3 is 0 Å². The molecule has 1 aliphatic rings. The van der Waals surface area contributed by atoms with Crippen LogP contribution in [0.5, 0.6) is 0 Å². The number of benzene rings is 1. The quantitative estimate of drug-likeness (QED) is 0.742. The monoisotopic (exact) mass is 402 g/mol. The molecule has 0 aliphatic carbocycles. The molecule has 1 aliphatic heterocycles. The molecular weight excluding hydrogens is 374 g/mol. The van der Waals surface area contributed by atoms with Gasteiger partial charge in [-0.05, 0) is 36.5 Å². The van der Waals surface area contributed by atoms with Crippen LogP contribution in [0.25, 0.3) is 0 Å². The van der Waals surface area contributed by atoms with Crippen molar-refractivity contribution in [2.45, 2.75) is 25.2 Å². The van der Waals surface area contributed by atoms with Crippen molar-refractivity contribution in [1.29, 1.82) is 0 Å². The maximum absolute atomic E-state index is 13.0. The second-order valence-electron chi connectivity index (χ2n) is 7.62. The second-order valence-corrected chi connectivity index (χ2v) is 9.97. The van der Waals surface area contributed by atoms with Gasteiger partial charge in [0.25, 0.3) is 5.91 Å².